The smallest absolute Gasteiger partial charge is 0.0136 e. The number of nitrogens with one attached hydrogen (secondary N) is 1. The van der Waals surface area contributed by atoms with Crippen LogP contribution in [-0.2, 0) is 0 Å². The van der Waals surface area contributed by atoms with Crippen molar-refractivity contribution in [2.24, 2.45) is 0 Å². The number of piperidine rings is 1. The second-order valence-electron chi connectivity index (χ2n) is 4.18. The molecule has 0 spiro atoms. The van der Waals surface area contributed by atoms with Gasteiger partial charge >= 0.3 is 0 Å². The SMILES string of the molecule is CCNN1CCC(c2ccccc2)CC1. The summed E-state index contributed by atoms with van der Waals surface area (Å²) in [7, 11) is 0. The van der Waals surface area contributed by atoms with Gasteiger partial charge in [0.2, 0.25) is 0 Å². The molecule has 82 valence electrons. The predicted octanol–water partition coefficient (Wildman–Crippen LogP) is 2.39. The third-order valence-corrected chi connectivity index (χ3v) is 3.15. The molecule has 2 rings (SSSR count). The summed E-state index contributed by atoms with van der Waals surface area (Å²) in [4.78, 5) is 0. The molecule has 0 unspecified atom stereocenters. The molecule has 1 fully saturated rings. The lowest BCUT2D eigenvalue weighted by atomic mass is 9.90. The number of nitrogens with zero attached hydrogens (tertiary/aromatic N) is 1. The Bertz CT molecular complexity index is 276. The molecule has 1 N–H and O–H groups in total. The second-order valence-corrected chi connectivity index (χ2v) is 4.18. The van der Waals surface area contributed by atoms with Crippen LogP contribution in [0.2, 0.25) is 0 Å². The van der Waals surface area contributed by atoms with Gasteiger partial charge < -0.3 is 0 Å². The van der Waals surface area contributed by atoms with Crippen molar-refractivity contribution in [3.63, 3.8) is 0 Å². The molecule has 1 aromatic rings. The highest BCUT2D eigenvalue weighted by Gasteiger charge is 2.19. The number of hydrogen-bond acceptors (Lipinski definition) is 2. The van der Waals surface area contributed by atoms with E-state index >= 15 is 0 Å². The molecule has 1 aromatic carbocycles. The Kier molecular flexibility index (Phi) is 3.75. The Morgan fingerprint density at radius 2 is 1.87 bits per heavy atom. The van der Waals surface area contributed by atoms with Crippen molar-refractivity contribution in [3.8, 4) is 0 Å². The van der Waals surface area contributed by atoms with Gasteiger partial charge in [-0.3, -0.25) is 5.43 Å². The standard InChI is InChI=1S/C13H20N2/c1-2-14-15-10-8-13(9-11-15)12-6-4-3-5-7-12/h3-7,13-14H,2,8-11H2,1H3. The molecule has 1 aliphatic heterocycles. The molecule has 0 atom stereocenters. The van der Waals surface area contributed by atoms with Crippen LogP contribution in [0.3, 0.4) is 0 Å². The van der Waals surface area contributed by atoms with Crippen molar-refractivity contribution in [1.82, 2.24) is 10.4 Å². The minimum Gasteiger partial charge on any atom is -0.255 e. The summed E-state index contributed by atoms with van der Waals surface area (Å²) < 4.78 is 0. The molecule has 0 radical (unpaired) electrons. The van der Waals surface area contributed by atoms with Gasteiger partial charge in [0.15, 0.2) is 0 Å². The Morgan fingerprint density at radius 3 is 2.47 bits per heavy atom. The third-order valence-electron chi connectivity index (χ3n) is 3.15. The van der Waals surface area contributed by atoms with Gasteiger partial charge in [-0.05, 0) is 24.3 Å². The molecule has 0 saturated carbocycles. The van der Waals surface area contributed by atoms with Crippen LogP contribution < -0.4 is 5.43 Å². The zero-order valence-corrected chi connectivity index (χ0v) is 9.45. The van der Waals surface area contributed by atoms with Crippen LogP contribution in [0, 0.1) is 0 Å². The Balaban J connectivity index is 1.88. The average Bonchev–Trinajstić information content (AvgIpc) is 2.32. The van der Waals surface area contributed by atoms with Gasteiger partial charge in [0.1, 0.15) is 0 Å². The van der Waals surface area contributed by atoms with Crippen LogP contribution in [-0.4, -0.2) is 24.6 Å². The highest BCUT2D eigenvalue weighted by atomic mass is 15.5. The molecule has 1 aliphatic rings. The molecule has 0 aliphatic carbocycles. The first-order valence-corrected chi connectivity index (χ1v) is 5.93. The van der Waals surface area contributed by atoms with E-state index < -0.39 is 0 Å². The fourth-order valence-electron chi connectivity index (χ4n) is 2.32. The second kappa shape index (κ2) is 5.29. The molecule has 0 bridgehead atoms. The Hall–Kier alpha value is -0.860. The summed E-state index contributed by atoms with van der Waals surface area (Å²) in [6.45, 7) is 5.54. The molecule has 0 amide bonds. The molecule has 0 aromatic heterocycles. The highest BCUT2D eigenvalue weighted by Crippen LogP contribution is 2.26. The minimum atomic E-state index is 0.765. The van der Waals surface area contributed by atoms with Crippen LogP contribution in [0.1, 0.15) is 31.2 Å². The summed E-state index contributed by atoms with van der Waals surface area (Å²) in [6, 6.07) is 10.9. The third kappa shape index (κ3) is 2.80. The van der Waals surface area contributed by atoms with Gasteiger partial charge in [-0.1, -0.05) is 37.3 Å². The molecule has 15 heavy (non-hydrogen) atoms. The van der Waals surface area contributed by atoms with E-state index in [1.165, 1.54) is 31.5 Å². The topological polar surface area (TPSA) is 15.3 Å². The minimum absolute atomic E-state index is 0.765. The van der Waals surface area contributed by atoms with Gasteiger partial charge in [-0.2, -0.15) is 0 Å². The summed E-state index contributed by atoms with van der Waals surface area (Å²) in [6.07, 6.45) is 2.55. The van der Waals surface area contributed by atoms with Gasteiger partial charge in [-0.15, -0.1) is 0 Å². The summed E-state index contributed by atoms with van der Waals surface area (Å²) in [5.41, 5.74) is 4.90. The van der Waals surface area contributed by atoms with Crippen molar-refractivity contribution in [3.05, 3.63) is 35.9 Å². The normalized spacial score (nSPS) is 19.3. The first-order chi connectivity index (χ1) is 7.40. The lowest BCUT2D eigenvalue weighted by Gasteiger charge is -2.32. The zero-order chi connectivity index (χ0) is 10.5. The molecule has 2 nitrogen and oxygen atoms in total. The van der Waals surface area contributed by atoms with E-state index in [1.807, 2.05) is 0 Å². The van der Waals surface area contributed by atoms with Crippen molar-refractivity contribution < 1.29 is 0 Å². The number of hydrazine groups is 1. The van der Waals surface area contributed by atoms with E-state index in [4.69, 9.17) is 0 Å². The van der Waals surface area contributed by atoms with E-state index in [9.17, 15) is 0 Å². The Labute approximate surface area is 92.3 Å². The van der Waals surface area contributed by atoms with E-state index in [-0.39, 0.29) is 0 Å². The van der Waals surface area contributed by atoms with E-state index in [0.29, 0.717) is 0 Å². The van der Waals surface area contributed by atoms with Gasteiger partial charge in [0.05, 0.1) is 0 Å². The highest BCUT2D eigenvalue weighted by molar-refractivity contribution is 5.19. The van der Waals surface area contributed by atoms with Crippen molar-refractivity contribution in [1.29, 1.82) is 0 Å². The van der Waals surface area contributed by atoms with Crippen molar-refractivity contribution >= 4 is 0 Å². The van der Waals surface area contributed by atoms with Gasteiger partial charge in [0.25, 0.3) is 0 Å². The number of rotatable bonds is 3. The number of hydrogen-bond donors (Lipinski definition) is 1. The van der Waals surface area contributed by atoms with Crippen molar-refractivity contribution in [2.45, 2.75) is 25.7 Å². The largest absolute Gasteiger partial charge is 0.255 e. The summed E-state index contributed by atoms with van der Waals surface area (Å²) >= 11 is 0. The van der Waals surface area contributed by atoms with E-state index in [2.05, 4.69) is 47.7 Å². The molecule has 1 saturated heterocycles. The van der Waals surface area contributed by atoms with E-state index in [1.54, 1.807) is 0 Å². The average molecular weight is 204 g/mol. The molecule has 2 heteroatoms. The molecular weight excluding hydrogens is 184 g/mol. The molecule has 1 heterocycles. The monoisotopic (exact) mass is 204 g/mol. The first kappa shape index (κ1) is 10.7. The molecular formula is C13H20N2. The van der Waals surface area contributed by atoms with Crippen LogP contribution in [0.15, 0.2) is 30.3 Å². The fraction of sp³-hybridized carbons (Fsp3) is 0.538. The summed E-state index contributed by atoms with van der Waals surface area (Å²) in [5, 5.41) is 2.35. The lowest BCUT2D eigenvalue weighted by molar-refractivity contribution is 0.147. The fourth-order valence-corrected chi connectivity index (χ4v) is 2.32. The van der Waals surface area contributed by atoms with Crippen LogP contribution in [0.4, 0.5) is 0 Å². The Morgan fingerprint density at radius 1 is 1.20 bits per heavy atom. The maximum atomic E-state index is 3.39. The summed E-state index contributed by atoms with van der Waals surface area (Å²) in [5.74, 6) is 0.765. The zero-order valence-electron chi connectivity index (χ0n) is 9.45. The van der Waals surface area contributed by atoms with Crippen LogP contribution >= 0.6 is 0 Å². The van der Waals surface area contributed by atoms with Gasteiger partial charge in [-0.25, -0.2) is 5.01 Å². The van der Waals surface area contributed by atoms with Crippen LogP contribution in [0.25, 0.3) is 0 Å². The van der Waals surface area contributed by atoms with Crippen molar-refractivity contribution in [2.75, 3.05) is 19.6 Å². The lowest BCUT2D eigenvalue weighted by Crippen LogP contribution is -2.43. The number of benzene rings is 1. The maximum absolute atomic E-state index is 3.39. The maximum Gasteiger partial charge on any atom is 0.0136 e. The predicted molar refractivity (Wildman–Crippen MR) is 63.7 cm³/mol. The van der Waals surface area contributed by atoms with Gasteiger partial charge in [0, 0.05) is 19.6 Å². The van der Waals surface area contributed by atoms with E-state index in [0.717, 1.165) is 12.5 Å². The van der Waals surface area contributed by atoms with Crippen LogP contribution in [0.5, 0.6) is 0 Å². The quantitative estimate of drug-likeness (QED) is 0.813. The first-order valence-electron chi connectivity index (χ1n) is 5.93.